The van der Waals surface area contributed by atoms with Crippen LogP contribution in [-0.4, -0.2) is 47.4 Å². The number of benzene rings is 1. The molecule has 0 saturated carbocycles. The molecule has 116 valence electrons. The molecule has 1 aromatic rings. The van der Waals surface area contributed by atoms with Crippen molar-refractivity contribution in [2.45, 2.75) is 45.3 Å². The highest BCUT2D eigenvalue weighted by Gasteiger charge is 2.27. The highest BCUT2D eigenvalue weighted by molar-refractivity contribution is 5.81. The molecule has 0 aromatic heterocycles. The molecular weight excluding hydrogens is 262 g/mol. The number of rotatable bonds is 5. The van der Waals surface area contributed by atoms with E-state index in [1.165, 1.54) is 5.56 Å². The van der Waals surface area contributed by atoms with Crippen molar-refractivity contribution in [1.82, 2.24) is 9.80 Å². The molecule has 1 atom stereocenters. The first kappa shape index (κ1) is 16.0. The van der Waals surface area contributed by atoms with Crippen molar-refractivity contribution in [3.63, 3.8) is 0 Å². The summed E-state index contributed by atoms with van der Waals surface area (Å²) in [6, 6.07) is 10.5. The van der Waals surface area contributed by atoms with Crippen molar-refractivity contribution in [2.24, 2.45) is 5.73 Å². The molecule has 4 heteroatoms. The Balaban J connectivity index is 1.95. The van der Waals surface area contributed by atoms with Crippen LogP contribution in [0.3, 0.4) is 0 Å². The predicted octanol–water partition coefficient (Wildman–Crippen LogP) is 1.85. The predicted molar refractivity (Wildman–Crippen MR) is 85.8 cm³/mol. The molecule has 0 radical (unpaired) electrons. The third-order valence-electron chi connectivity index (χ3n) is 4.39. The molecule has 1 aromatic carbocycles. The van der Waals surface area contributed by atoms with Gasteiger partial charge in [-0.3, -0.25) is 9.69 Å². The van der Waals surface area contributed by atoms with E-state index in [4.69, 9.17) is 5.73 Å². The number of amides is 1. The van der Waals surface area contributed by atoms with Crippen LogP contribution >= 0.6 is 0 Å². The van der Waals surface area contributed by atoms with Gasteiger partial charge in [-0.25, -0.2) is 0 Å². The van der Waals surface area contributed by atoms with E-state index in [1.807, 2.05) is 30.0 Å². The number of hydrogen-bond donors (Lipinski definition) is 1. The zero-order chi connectivity index (χ0) is 15.2. The largest absolute Gasteiger partial charge is 0.341 e. The van der Waals surface area contributed by atoms with Gasteiger partial charge in [0.1, 0.15) is 0 Å². The summed E-state index contributed by atoms with van der Waals surface area (Å²) < 4.78 is 0. The van der Waals surface area contributed by atoms with Gasteiger partial charge in [-0.1, -0.05) is 37.3 Å². The SMILES string of the molecule is CCN(Cc1ccccc1)C(C)C(=O)N1CCC(N)CC1. The Morgan fingerprint density at radius 3 is 2.52 bits per heavy atom. The fourth-order valence-electron chi connectivity index (χ4n) is 2.88. The van der Waals surface area contributed by atoms with Gasteiger partial charge >= 0.3 is 0 Å². The van der Waals surface area contributed by atoms with Crippen LogP contribution in [0.15, 0.2) is 30.3 Å². The lowest BCUT2D eigenvalue weighted by Crippen LogP contribution is -2.50. The highest BCUT2D eigenvalue weighted by Crippen LogP contribution is 2.14. The summed E-state index contributed by atoms with van der Waals surface area (Å²) in [6.45, 7) is 7.41. The summed E-state index contributed by atoms with van der Waals surface area (Å²) in [4.78, 5) is 16.8. The van der Waals surface area contributed by atoms with Crippen molar-refractivity contribution < 1.29 is 4.79 Å². The molecule has 21 heavy (non-hydrogen) atoms. The van der Waals surface area contributed by atoms with Crippen LogP contribution in [0.1, 0.15) is 32.3 Å². The summed E-state index contributed by atoms with van der Waals surface area (Å²) >= 11 is 0. The van der Waals surface area contributed by atoms with E-state index in [1.54, 1.807) is 0 Å². The van der Waals surface area contributed by atoms with Crippen LogP contribution in [0, 0.1) is 0 Å². The smallest absolute Gasteiger partial charge is 0.239 e. The van der Waals surface area contributed by atoms with Crippen molar-refractivity contribution in [1.29, 1.82) is 0 Å². The third kappa shape index (κ3) is 4.29. The van der Waals surface area contributed by atoms with Gasteiger partial charge in [0.15, 0.2) is 0 Å². The highest BCUT2D eigenvalue weighted by atomic mass is 16.2. The maximum Gasteiger partial charge on any atom is 0.239 e. The standard InChI is InChI=1S/C17H27N3O/c1-3-19(13-15-7-5-4-6-8-15)14(2)17(21)20-11-9-16(18)10-12-20/h4-8,14,16H,3,9-13,18H2,1-2H3. The van der Waals surface area contributed by atoms with Crippen molar-refractivity contribution in [3.8, 4) is 0 Å². The van der Waals surface area contributed by atoms with E-state index in [-0.39, 0.29) is 18.0 Å². The zero-order valence-corrected chi connectivity index (χ0v) is 13.2. The van der Waals surface area contributed by atoms with E-state index in [0.29, 0.717) is 0 Å². The molecule has 1 unspecified atom stereocenters. The lowest BCUT2D eigenvalue weighted by molar-refractivity contribution is -0.137. The Hall–Kier alpha value is -1.39. The Morgan fingerprint density at radius 2 is 1.95 bits per heavy atom. The Morgan fingerprint density at radius 1 is 1.33 bits per heavy atom. The average molecular weight is 289 g/mol. The second-order valence-electron chi connectivity index (χ2n) is 5.89. The molecule has 1 aliphatic rings. The minimum absolute atomic E-state index is 0.0791. The van der Waals surface area contributed by atoms with Gasteiger partial charge in [0.05, 0.1) is 6.04 Å². The number of likely N-dealkylation sites (tertiary alicyclic amines) is 1. The minimum atomic E-state index is -0.0791. The summed E-state index contributed by atoms with van der Waals surface area (Å²) in [5.74, 6) is 0.236. The number of piperidine rings is 1. The molecule has 1 heterocycles. The molecule has 1 fully saturated rings. The van der Waals surface area contributed by atoms with Gasteiger partial charge in [0, 0.05) is 25.7 Å². The van der Waals surface area contributed by atoms with E-state index in [0.717, 1.165) is 39.0 Å². The number of nitrogens with zero attached hydrogens (tertiary/aromatic N) is 2. The van der Waals surface area contributed by atoms with Gasteiger partial charge in [-0.05, 0) is 31.9 Å². The fourth-order valence-corrected chi connectivity index (χ4v) is 2.88. The number of hydrogen-bond acceptors (Lipinski definition) is 3. The van der Waals surface area contributed by atoms with Gasteiger partial charge < -0.3 is 10.6 Å². The lowest BCUT2D eigenvalue weighted by Gasteiger charge is -2.35. The van der Waals surface area contributed by atoms with Crippen LogP contribution in [0.25, 0.3) is 0 Å². The molecule has 2 N–H and O–H groups in total. The topological polar surface area (TPSA) is 49.6 Å². The van der Waals surface area contributed by atoms with E-state index in [2.05, 4.69) is 24.0 Å². The van der Waals surface area contributed by atoms with Crippen molar-refractivity contribution in [2.75, 3.05) is 19.6 Å². The number of carbonyl (C=O) groups is 1. The van der Waals surface area contributed by atoms with E-state index >= 15 is 0 Å². The Labute approximate surface area is 127 Å². The molecule has 1 amide bonds. The third-order valence-corrected chi connectivity index (χ3v) is 4.39. The van der Waals surface area contributed by atoms with Crippen molar-refractivity contribution in [3.05, 3.63) is 35.9 Å². The summed E-state index contributed by atoms with van der Waals surface area (Å²) in [5, 5.41) is 0. The monoisotopic (exact) mass is 289 g/mol. The second kappa shape index (κ2) is 7.57. The van der Waals surface area contributed by atoms with Gasteiger partial charge in [0.25, 0.3) is 0 Å². The van der Waals surface area contributed by atoms with E-state index < -0.39 is 0 Å². The maximum atomic E-state index is 12.6. The lowest BCUT2D eigenvalue weighted by atomic mass is 10.0. The Bertz CT molecular complexity index is 441. The summed E-state index contributed by atoms with van der Waals surface area (Å²) in [6.07, 6.45) is 1.84. The number of carbonyl (C=O) groups excluding carboxylic acids is 1. The van der Waals surface area contributed by atoms with E-state index in [9.17, 15) is 4.79 Å². The van der Waals surface area contributed by atoms with Crippen molar-refractivity contribution >= 4 is 5.91 Å². The molecule has 1 saturated heterocycles. The first-order valence-corrected chi connectivity index (χ1v) is 7.94. The van der Waals surface area contributed by atoms with Crippen LogP contribution in [0.2, 0.25) is 0 Å². The first-order valence-electron chi connectivity index (χ1n) is 7.94. The molecule has 4 nitrogen and oxygen atoms in total. The normalized spacial score (nSPS) is 18.0. The number of likely N-dealkylation sites (N-methyl/N-ethyl adjacent to an activating group) is 1. The first-order chi connectivity index (χ1) is 10.1. The quantitative estimate of drug-likeness (QED) is 0.900. The van der Waals surface area contributed by atoms with Crippen LogP contribution in [0.4, 0.5) is 0 Å². The summed E-state index contributed by atoms with van der Waals surface area (Å²) in [5.41, 5.74) is 7.16. The zero-order valence-electron chi connectivity index (χ0n) is 13.2. The average Bonchev–Trinajstić information content (AvgIpc) is 2.53. The molecule has 0 aliphatic carbocycles. The fraction of sp³-hybridized carbons (Fsp3) is 0.588. The second-order valence-corrected chi connectivity index (χ2v) is 5.89. The molecular formula is C17H27N3O. The van der Waals surface area contributed by atoms with Crippen LogP contribution in [0.5, 0.6) is 0 Å². The van der Waals surface area contributed by atoms with Crippen LogP contribution < -0.4 is 5.73 Å². The molecule has 0 bridgehead atoms. The minimum Gasteiger partial charge on any atom is -0.341 e. The van der Waals surface area contributed by atoms with Gasteiger partial charge in [0.2, 0.25) is 5.91 Å². The van der Waals surface area contributed by atoms with Gasteiger partial charge in [-0.2, -0.15) is 0 Å². The van der Waals surface area contributed by atoms with Crippen LogP contribution in [-0.2, 0) is 11.3 Å². The maximum absolute atomic E-state index is 12.6. The van der Waals surface area contributed by atoms with Gasteiger partial charge in [-0.15, -0.1) is 0 Å². The molecule has 2 rings (SSSR count). The number of nitrogens with two attached hydrogens (primary N) is 1. The Kier molecular flexibility index (Phi) is 5.76. The molecule has 1 aliphatic heterocycles. The molecule has 0 spiro atoms. The summed E-state index contributed by atoms with van der Waals surface area (Å²) in [7, 11) is 0.